The van der Waals surface area contributed by atoms with Crippen LogP contribution in [0.25, 0.3) is 0 Å². The molecular weight excluding hydrogens is 204 g/mol. The molecule has 13 heavy (non-hydrogen) atoms. The number of rotatable bonds is 5. The summed E-state index contributed by atoms with van der Waals surface area (Å²) in [6.45, 7) is 0.968. The standard InChI is InChI=1S/C9H13ClN2S/c1-13-6-2-5-11-9-4-3-8(10)7-12-9/h3-4,7H,2,5-6H2,1H3,(H,11,12). The molecule has 0 aliphatic heterocycles. The van der Waals surface area contributed by atoms with E-state index >= 15 is 0 Å². The molecule has 1 aromatic rings. The number of nitrogens with one attached hydrogen (secondary N) is 1. The van der Waals surface area contributed by atoms with Gasteiger partial charge in [0.15, 0.2) is 0 Å². The molecule has 4 heteroatoms. The SMILES string of the molecule is CSCCCNc1ccc(Cl)cn1. The zero-order chi connectivity index (χ0) is 9.52. The van der Waals surface area contributed by atoms with Gasteiger partial charge in [-0.1, -0.05) is 11.6 Å². The van der Waals surface area contributed by atoms with Crippen molar-refractivity contribution in [1.29, 1.82) is 0 Å². The van der Waals surface area contributed by atoms with Crippen LogP contribution in [0, 0.1) is 0 Å². The average molecular weight is 217 g/mol. The maximum atomic E-state index is 5.70. The highest BCUT2D eigenvalue weighted by molar-refractivity contribution is 7.98. The first-order valence-corrected chi connectivity index (χ1v) is 5.94. The highest BCUT2D eigenvalue weighted by atomic mass is 35.5. The number of hydrogen-bond donors (Lipinski definition) is 1. The summed E-state index contributed by atoms with van der Waals surface area (Å²) < 4.78 is 0. The first-order chi connectivity index (χ1) is 6.33. The largest absolute Gasteiger partial charge is 0.370 e. The van der Waals surface area contributed by atoms with Crippen molar-refractivity contribution in [1.82, 2.24) is 4.98 Å². The fourth-order valence-corrected chi connectivity index (χ4v) is 1.46. The van der Waals surface area contributed by atoms with Crippen LogP contribution in [-0.2, 0) is 0 Å². The summed E-state index contributed by atoms with van der Waals surface area (Å²) >= 11 is 7.56. The van der Waals surface area contributed by atoms with Crippen LogP contribution in [0.2, 0.25) is 5.02 Å². The van der Waals surface area contributed by atoms with Gasteiger partial charge in [-0.3, -0.25) is 0 Å². The van der Waals surface area contributed by atoms with Crippen LogP contribution in [0.15, 0.2) is 18.3 Å². The fraction of sp³-hybridized carbons (Fsp3) is 0.444. The number of halogens is 1. The summed E-state index contributed by atoms with van der Waals surface area (Å²) in [6, 6.07) is 3.73. The van der Waals surface area contributed by atoms with Crippen LogP contribution in [0.5, 0.6) is 0 Å². The second kappa shape index (κ2) is 6.11. The summed E-state index contributed by atoms with van der Waals surface area (Å²) in [6.07, 6.45) is 4.92. The van der Waals surface area contributed by atoms with E-state index in [1.807, 2.05) is 23.9 Å². The third kappa shape index (κ3) is 4.39. The lowest BCUT2D eigenvalue weighted by molar-refractivity contribution is 0.982. The Morgan fingerprint density at radius 3 is 3.00 bits per heavy atom. The van der Waals surface area contributed by atoms with Crippen molar-refractivity contribution in [3.8, 4) is 0 Å². The first-order valence-electron chi connectivity index (χ1n) is 4.17. The Hall–Kier alpha value is -0.410. The van der Waals surface area contributed by atoms with E-state index in [-0.39, 0.29) is 0 Å². The molecule has 1 N–H and O–H groups in total. The molecule has 0 unspecified atom stereocenters. The Kier molecular flexibility index (Phi) is 5.01. The number of hydrogen-bond acceptors (Lipinski definition) is 3. The molecule has 0 fully saturated rings. The van der Waals surface area contributed by atoms with Crippen molar-refractivity contribution in [2.24, 2.45) is 0 Å². The van der Waals surface area contributed by atoms with E-state index in [2.05, 4.69) is 16.6 Å². The van der Waals surface area contributed by atoms with Gasteiger partial charge in [0.05, 0.1) is 5.02 Å². The molecule has 0 amide bonds. The highest BCUT2D eigenvalue weighted by Crippen LogP contribution is 2.09. The molecule has 0 bridgehead atoms. The molecule has 0 spiro atoms. The molecule has 72 valence electrons. The summed E-state index contributed by atoms with van der Waals surface area (Å²) in [5, 5.41) is 3.90. The van der Waals surface area contributed by atoms with Crippen LogP contribution in [0.3, 0.4) is 0 Å². The van der Waals surface area contributed by atoms with Crippen LogP contribution in [0.4, 0.5) is 5.82 Å². The van der Waals surface area contributed by atoms with Crippen molar-refractivity contribution in [2.75, 3.05) is 23.9 Å². The quantitative estimate of drug-likeness (QED) is 0.767. The minimum atomic E-state index is 0.676. The number of aromatic nitrogens is 1. The maximum absolute atomic E-state index is 5.70. The van der Waals surface area contributed by atoms with Gasteiger partial charge in [-0.15, -0.1) is 0 Å². The molecule has 1 aromatic heterocycles. The van der Waals surface area contributed by atoms with Gasteiger partial charge in [0, 0.05) is 12.7 Å². The molecule has 0 saturated carbocycles. The Bertz CT molecular complexity index is 238. The van der Waals surface area contributed by atoms with Crippen molar-refractivity contribution in [3.63, 3.8) is 0 Å². The van der Waals surface area contributed by atoms with Gasteiger partial charge in [-0.25, -0.2) is 4.98 Å². The predicted molar refractivity (Wildman–Crippen MR) is 60.7 cm³/mol. The van der Waals surface area contributed by atoms with E-state index < -0.39 is 0 Å². The second-order valence-electron chi connectivity index (χ2n) is 2.63. The summed E-state index contributed by atoms with van der Waals surface area (Å²) in [7, 11) is 0. The minimum Gasteiger partial charge on any atom is -0.370 e. The Labute approximate surface area is 88.1 Å². The summed E-state index contributed by atoms with van der Waals surface area (Å²) in [5.41, 5.74) is 0. The van der Waals surface area contributed by atoms with E-state index in [0.717, 1.165) is 18.8 Å². The van der Waals surface area contributed by atoms with Gasteiger partial charge < -0.3 is 5.32 Å². The van der Waals surface area contributed by atoms with Gasteiger partial charge in [0.25, 0.3) is 0 Å². The maximum Gasteiger partial charge on any atom is 0.125 e. The molecule has 0 atom stereocenters. The van der Waals surface area contributed by atoms with E-state index in [1.165, 1.54) is 5.75 Å². The van der Waals surface area contributed by atoms with Crippen molar-refractivity contribution in [2.45, 2.75) is 6.42 Å². The summed E-state index contributed by atoms with van der Waals surface area (Å²) in [4.78, 5) is 4.13. The molecule has 1 rings (SSSR count). The van der Waals surface area contributed by atoms with Crippen LogP contribution in [-0.4, -0.2) is 23.5 Å². The zero-order valence-corrected chi connectivity index (χ0v) is 9.16. The molecule has 1 heterocycles. The smallest absolute Gasteiger partial charge is 0.125 e. The molecule has 2 nitrogen and oxygen atoms in total. The van der Waals surface area contributed by atoms with E-state index in [0.29, 0.717) is 5.02 Å². The van der Waals surface area contributed by atoms with E-state index in [4.69, 9.17) is 11.6 Å². The summed E-state index contributed by atoms with van der Waals surface area (Å²) in [5.74, 6) is 2.08. The topological polar surface area (TPSA) is 24.9 Å². The van der Waals surface area contributed by atoms with Gasteiger partial charge in [-0.2, -0.15) is 11.8 Å². The van der Waals surface area contributed by atoms with Crippen molar-refractivity contribution in [3.05, 3.63) is 23.4 Å². The van der Waals surface area contributed by atoms with Gasteiger partial charge in [-0.05, 0) is 30.6 Å². The lowest BCUT2D eigenvalue weighted by atomic mass is 10.4. The monoisotopic (exact) mass is 216 g/mol. The number of anilines is 1. The molecule has 0 saturated heterocycles. The van der Waals surface area contributed by atoms with Crippen molar-refractivity contribution < 1.29 is 0 Å². The Balaban J connectivity index is 2.25. The lowest BCUT2D eigenvalue weighted by Crippen LogP contribution is -2.03. The molecule has 0 aliphatic carbocycles. The van der Waals surface area contributed by atoms with Gasteiger partial charge in [0.1, 0.15) is 5.82 Å². The predicted octanol–water partition coefficient (Wildman–Crippen LogP) is 2.90. The second-order valence-corrected chi connectivity index (χ2v) is 4.06. The molecule has 0 aromatic carbocycles. The van der Waals surface area contributed by atoms with E-state index in [9.17, 15) is 0 Å². The molecule has 0 aliphatic rings. The zero-order valence-electron chi connectivity index (χ0n) is 7.59. The first kappa shape index (κ1) is 10.7. The fourth-order valence-electron chi connectivity index (χ4n) is 0.913. The number of pyridine rings is 1. The van der Waals surface area contributed by atoms with E-state index in [1.54, 1.807) is 6.20 Å². The van der Waals surface area contributed by atoms with Crippen LogP contribution in [0.1, 0.15) is 6.42 Å². The average Bonchev–Trinajstić information content (AvgIpc) is 2.15. The van der Waals surface area contributed by atoms with Crippen LogP contribution < -0.4 is 5.32 Å². The van der Waals surface area contributed by atoms with Crippen molar-refractivity contribution >= 4 is 29.2 Å². The highest BCUT2D eigenvalue weighted by Gasteiger charge is 1.92. The number of nitrogens with zero attached hydrogens (tertiary/aromatic N) is 1. The lowest BCUT2D eigenvalue weighted by Gasteiger charge is -2.03. The third-order valence-corrected chi connectivity index (χ3v) is 2.48. The van der Waals surface area contributed by atoms with Gasteiger partial charge >= 0.3 is 0 Å². The molecular formula is C9H13ClN2S. The minimum absolute atomic E-state index is 0.676. The Morgan fingerprint density at radius 2 is 2.38 bits per heavy atom. The number of thioether (sulfide) groups is 1. The van der Waals surface area contributed by atoms with Gasteiger partial charge in [0.2, 0.25) is 0 Å². The van der Waals surface area contributed by atoms with Crippen LogP contribution >= 0.6 is 23.4 Å². The third-order valence-electron chi connectivity index (χ3n) is 1.56. The normalized spacial score (nSPS) is 10.0. The molecule has 0 radical (unpaired) electrons. The Morgan fingerprint density at radius 1 is 1.54 bits per heavy atom.